The Morgan fingerprint density at radius 3 is 1.58 bits per heavy atom. The molecule has 0 atom stereocenters. The van der Waals surface area contributed by atoms with E-state index in [2.05, 4.69) is 282 Å². The molecule has 0 N–H and O–H groups in total. The highest BCUT2D eigenvalue weighted by molar-refractivity contribution is 6.27. The second-order valence-electron chi connectivity index (χ2n) is 24.8. The Balaban J connectivity index is 0.815. The van der Waals surface area contributed by atoms with Crippen LogP contribution in [0.4, 0.5) is 17.1 Å². The Labute approximate surface area is 537 Å². The van der Waals surface area contributed by atoms with Gasteiger partial charge < -0.3 is 4.90 Å². The summed E-state index contributed by atoms with van der Waals surface area (Å²) in [5.74, 6) is 1.29. The first kappa shape index (κ1) is 53.8. The molecule has 7 heteroatoms. The van der Waals surface area contributed by atoms with Crippen LogP contribution in [0.1, 0.15) is 25.0 Å². The van der Waals surface area contributed by atoms with Gasteiger partial charge in [-0.05, 0) is 191 Å². The molecule has 0 amide bonds. The van der Waals surface area contributed by atoms with Crippen LogP contribution in [0.3, 0.4) is 0 Å². The molecule has 0 radical (unpaired) electrons. The molecule has 5 heterocycles. The number of hydrogen-bond donors (Lipinski definition) is 0. The van der Waals surface area contributed by atoms with Gasteiger partial charge >= 0.3 is 0 Å². The molecule has 12 aromatic carbocycles. The summed E-state index contributed by atoms with van der Waals surface area (Å²) in [5, 5.41) is 12.1. The molecule has 5 aromatic heterocycles. The second kappa shape index (κ2) is 21.5. The fourth-order valence-corrected chi connectivity index (χ4v) is 14.7. The lowest BCUT2D eigenvalue weighted by Crippen LogP contribution is -2.15. The lowest BCUT2D eigenvalue weighted by atomic mass is 9.81. The summed E-state index contributed by atoms with van der Waals surface area (Å²) < 4.78 is 2.40. The molecular weight excluding hydrogens is 1130 g/mol. The molecule has 0 saturated heterocycles. The maximum absolute atomic E-state index is 5.62. The predicted molar refractivity (Wildman–Crippen MR) is 385 cm³/mol. The van der Waals surface area contributed by atoms with E-state index in [9.17, 15) is 0 Å². The van der Waals surface area contributed by atoms with E-state index in [4.69, 9.17) is 15.0 Å². The second-order valence-corrected chi connectivity index (χ2v) is 24.8. The Morgan fingerprint density at radius 1 is 0.323 bits per heavy atom. The van der Waals surface area contributed by atoms with Crippen LogP contribution in [0.15, 0.2) is 310 Å². The highest BCUT2D eigenvalue weighted by Crippen LogP contribution is 2.55. The third-order valence-corrected chi connectivity index (χ3v) is 19.2. The number of para-hydroxylation sites is 1. The minimum Gasteiger partial charge on any atom is -0.310 e. The Bertz CT molecular complexity index is 5770. The molecule has 17 aromatic rings. The Morgan fingerprint density at radius 2 is 0.882 bits per heavy atom. The van der Waals surface area contributed by atoms with Crippen LogP contribution in [0, 0.1) is 0 Å². The van der Waals surface area contributed by atoms with Crippen molar-refractivity contribution in [2.45, 2.75) is 19.3 Å². The first-order chi connectivity index (χ1) is 45.9. The number of aromatic nitrogens is 6. The van der Waals surface area contributed by atoms with Crippen LogP contribution >= 0.6 is 0 Å². The smallest absolute Gasteiger partial charge is 0.179 e. The first-order valence-electron chi connectivity index (χ1n) is 31.7. The molecule has 1 aliphatic rings. The van der Waals surface area contributed by atoms with Crippen molar-refractivity contribution in [2.24, 2.45) is 0 Å². The van der Waals surface area contributed by atoms with E-state index in [1.807, 2.05) is 36.4 Å². The highest BCUT2D eigenvalue weighted by Gasteiger charge is 2.39. The average molecular weight is 1190 g/mol. The standard InChI is InChI=1S/C86H57N7/c1-86(2)75-38-37-70-73-50-62(59-28-29-61-49-64(36-32-60(61)48-59)92(63-34-30-55(31-35-63)54-16-5-3-6-17-54)80-26-14-13-20-65(80)56-18-7-4-8-19-56)33-39-81(73)93(84(70)83(75)74-51-71-68-23-11-9-21-66(68)67-22-10-12-24-69(67)72(71)52-76(74)86)82-27-15-25-77(89-82)85-90-78(57-40-44-87-45-41-57)53-79(91-85)58-42-46-88-47-43-58/h3-53H,1-2H3. The predicted octanol–water partition coefficient (Wildman–Crippen LogP) is 22.1. The maximum atomic E-state index is 5.62. The Hall–Kier alpha value is -12.2. The lowest BCUT2D eigenvalue weighted by Gasteiger charge is -2.28. The van der Waals surface area contributed by atoms with E-state index in [0.29, 0.717) is 11.5 Å². The molecular formula is C86H57N7. The van der Waals surface area contributed by atoms with Gasteiger partial charge in [0, 0.05) is 74.6 Å². The van der Waals surface area contributed by atoms with Crippen molar-refractivity contribution in [1.29, 1.82) is 0 Å². The van der Waals surface area contributed by atoms with Gasteiger partial charge in [0.1, 0.15) is 11.5 Å². The summed E-state index contributed by atoms with van der Waals surface area (Å²) in [4.78, 5) is 27.1. The molecule has 1 aliphatic carbocycles. The van der Waals surface area contributed by atoms with Gasteiger partial charge in [0.05, 0.1) is 28.1 Å². The average Bonchev–Trinajstić information content (AvgIpc) is 1.55. The first-order valence-corrected chi connectivity index (χ1v) is 31.7. The number of nitrogens with zero attached hydrogens (tertiary/aromatic N) is 7. The molecule has 0 fully saturated rings. The molecule has 0 saturated carbocycles. The summed E-state index contributed by atoms with van der Waals surface area (Å²) in [6, 6.07) is 103. The summed E-state index contributed by atoms with van der Waals surface area (Å²) in [6.45, 7) is 4.78. The summed E-state index contributed by atoms with van der Waals surface area (Å²) >= 11 is 0. The van der Waals surface area contributed by atoms with E-state index in [-0.39, 0.29) is 5.41 Å². The van der Waals surface area contributed by atoms with Crippen molar-refractivity contribution in [3.63, 3.8) is 0 Å². The van der Waals surface area contributed by atoms with Crippen LogP contribution in [0.5, 0.6) is 0 Å². The van der Waals surface area contributed by atoms with Crippen molar-refractivity contribution in [3.05, 3.63) is 321 Å². The fraction of sp³-hybridized carbons (Fsp3) is 0.0349. The largest absolute Gasteiger partial charge is 0.310 e. The molecule has 0 aliphatic heterocycles. The highest BCUT2D eigenvalue weighted by atomic mass is 15.1. The number of rotatable bonds is 10. The van der Waals surface area contributed by atoms with E-state index >= 15 is 0 Å². The zero-order valence-electron chi connectivity index (χ0n) is 51.1. The van der Waals surface area contributed by atoms with Crippen molar-refractivity contribution < 1.29 is 0 Å². The van der Waals surface area contributed by atoms with Crippen LogP contribution in [0.2, 0.25) is 0 Å². The lowest BCUT2D eigenvalue weighted by molar-refractivity contribution is 0.661. The third kappa shape index (κ3) is 8.92. The molecule has 93 heavy (non-hydrogen) atoms. The quantitative estimate of drug-likeness (QED) is 0.127. The topological polar surface area (TPSA) is 72.6 Å². The van der Waals surface area contributed by atoms with Crippen LogP contribution < -0.4 is 4.90 Å². The number of benzene rings is 12. The van der Waals surface area contributed by atoms with Gasteiger partial charge in [0.2, 0.25) is 0 Å². The summed E-state index contributed by atoms with van der Waals surface area (Å²) in [5.41, 5.74) is 21.2. The number of hydrogen-bond acceptors (Lipinski definition) is 6. The number of fused-ring (bicyclic) bond motifs is 14. The van der Waals surface area contributed by atoms with Gasteiger partial charge in [-0.25, -0.2) is 15.0 Å². The van der Waals surface area contributed by atoms with Crippen LogP contribution in [-0.2, 0) is 5.41 Å². The van der Waals surface area contributed by atoms with Crippen molar-refractivity contribution in [1.82, 2.24) is 29.5 Å². The number of anilines is 3. The van der Waals surface area contributed by atoms with Gasteiger partial charge in [-0.15, -0.1) is 0 Å². The molecule has 0 bridgehead atoms. The molecule has 0 spiro atoms. The SMILES string of the molecule is CC1(C)c2cc3c4ccccc4c4ccccc4c3cc2-c2c1ccc1c3cc(-c4ccc5cc(N(c6ccc(-c7ccccc7)cc6)c6ccccc6-c6ccccc6)ccc5c4)ccc3n(-c3cccc(-c4nc(-c5ccncc5)cc(-c5ccncc5)n4)n3)c21. The Kier molecular flexibility index (Phi) is 12.4. The minimum absolute atomic E-state index is 0.327. The van der Waals surface area contributed by atoms with Gasteiger partial charge in [0.25, 0.3) is 0 Å². The van der Waals surface area contributed by atoms with Gasteiger partial charge in [0.15, 0.2) is 5.82 Å². The van der Waals surface area contributed by atoms with Gasteiger partial charge in [-0.1, -0.05) is 196 Å². The van der Waals surface area contributed by atoms with E-state index in [1.54, 1.807) is 24.8 Å². The zero-order chi connectivity index (χ0) is 61.7. The third-order valence-electron chi connectivity index (χ3n) is 19.2. The molecule has 18 rings (SSSR count). The zero-order valence-corrected chi connectivity index (χ0v) is 51.1. The monoisotopic (exact) mass is 1190 g/mol. The molecule has 436 valence electrons. The van der Waals surface area contributed by atoms with Crippen molar-refractivity contribution >= 4 is 82.0 Å². The van der Waals surface area contributed by atoms with E-state index < -0.39 is 0 Å². The van der Waals surface area contributed by atoms with Crippen LogP contribution in [-0.4, -0.2) is 29.5 Å². The van der Waals surface area contributed by atoms with Gasteiger partial charge in [-0.2, -0.15) is 0 Å². The van der Waals surface area contributed by atoms with Gasteiger partial charge in [-0.3, -0.25) is 14.5 Å². The van der Waals surface area contributed by atoms with E-state index in [1.165, 1.54) is 65.7 Å². The number of pyridine rings is 3. The van der Waals surface area contributed by atoms with Crippen molar-refractivity contribution in [3.8, 4) is 84.4 Å². The normalized spacial score (nSPS) is 12.5. The maximum Gasteiger partial charge on any atom is 0.179 e. The van der Waals surface area contributed by atoms with Crippen LogP contribution in [0.25, 0.3) is 149 Å². The van der Waals surface area contributed by atoms with E-state index in [0.717, 1.165) is 100 Å². The summed E-state index contributed by atoms with van der Waals surface area (Å²) in [6.07, 6.45) is 7.19. The minimum atomic E-state index is -0.327. The molecule has 7 nitrogen and oxygen atoms in total. The fourth-order valence-electron chi connectivity index (χ4n) is 14.7. The molecule has 0 unspecified atom stereocenters. The van der Waals surface area contributed by atoms with Crippen molar-refractivity contribution in [2.75, 3.05) is 4.90 Å². The summed E-state index contributed by atoms with van der Waals surface area (Å²) in [7, 11) is 0.